The summed E-state index contributed by atoms with van der Waals surface area (Å²) in [4.78, 5) is 24.3. The van der Waals surface area contributed by atoms with E-state index in [9.17, 15) is 14.0 Å². The van der Waals surface area contributed by atoms with Crippen LogP contribution in [0.1, 0.15) is 18.1 Å². The van der Waals surface area contributed by atoms with Crippen molar-refractivity contribution >= 4 is 17.6 Å². The second-order valence-corrected chi connectivity index (χ2v) is 6.72. The van der Waals surface area contributed by atoms with Gasteiger partial charge in [-0.25, -0.2) is 4.39 Å². The van der Waals surface area contributed by atoms with Gasteiger partial charge in [0.2, 0.25) is 0 Å². The van der Waals surface area contributed by atoms with Gasteiger partial charge < -0.3 is 14.8 Å². The van der Waals surface area contributed by atoms with Crippen LogP contribution in [-0.4, -0.2) is 18.0 Å². The van der Waals surface area contributed by atoms with Gasteiger partial charge in [0.1, 0.15) is 18.2 Å². The van der Waals surface area contributed by atoms with Gasteiger partial charge in [-0.3, -0.25) is 9.59 Å². The maximum absolute atomic E-state index is 12.9. The van der Waals surface area contributed by atoms with E-state index in [-0.39, 0.29) is 12.2 Å². The Labute approximate surface area is 174 Å². The van der Waals surface area contributed by atoms with E-state index >= 15 is 0 Å². The number of esters is 1. The Morgan fingerprint density at radius 1 is 0.900 bits per heavy atom. The summed E-state index contributed by atoms with van der Waals surface area (Å²) < 4.78 is 23.8. The third-order valence-corrected chi connectivity index (χ3v) is 4.31. The molecule has 0 heterocycles. The number of hydrogen-bond acceptors (Lipinski definition) is 4. The van der Waals surface area contributed by atoms with Crippen molar-refractivity contribution in [3.8, 4) is 5.75 Å². The summed E-state index contributed by atoms with van der Waals surface area (Å²) in [5.74, 6) is -0.707. The Kier molecular flexibility index (Phi) is 7.16. The highest BCUT2D eigenvalue weighted by Crippen LogP contribution is 2.17. The lowest BCUT2D eigenvalue weighted by atomic mass is 10.1. The van der Waals surface area contributed by atoms with Gasteiger partial charge >= 0.3 is 5.97 Å². The highest BCUT2D eigenvalue weighted by Gasteiger charge is 2.18. The zero-order valence-electron chi connectivity index (χ0n) is 16.5. The summed E-state index contributed by atoms with van der Waals surface area (Å²) in [6.07, 6.45) is -1.00. The molecule has 30 heavy (non-hydrogen) atoms. The molecule has 6 heteroatoms. The fourth-order valence-electron chi connectivity index (χ4n) is 2.68. The lowest BCUT2D eigenvalue weighted by Crippen LogP contribution is -2.30. The minimum absolute atomic E-state index is 0.0364. The van der Waals surface area contributed by atoms with Crippen molar-refractivity contribution in [1.29, 1.82) is 0 Å². The summed E-state index contributed by atoms with van der Waals surface area (Å²) in [5.41, 5.74) is 2.24. The molecular formula is C24H22FNO4. The zero-order valence-corrected chi connectivity index (χ0v) is 16.5. The minimum atomic E-state index is -0.966. The van der Waals surface area contributed by atoms with Crippen molar-refractivity contribution in [3.05, 3.63) is 95.8 Å². The SMILES string of the molecule is C[C@H](OC(=O)Cc1ccc(F)cc1)C(=O)Nc1ccc(OCc2ccccc2)cc1. The van der Waals surface area contributed by atoms with E-state index in [4.69, 9.17) is 9.47 Å². The van der Waals surface area contributed by atoms with Gasteiger partial charge in [0.05, 0.1) is 6.42 Å². The normalized spacial score (nSPS) is 11.4. The largest absolute Gasteiger partial charge is 0.489 e. The van der Waals surface area contributed by atoms with E-state index in [1.807, 2.05) is 30.3 Å². The smallest absolute Gasteiger partial charge is 0.311 e. The number of ether oxygens (including phenoxy) is 2. The Morgan fingerprint density at radius 3 is 2.23 bits per heavy atom. The molecule has 0 aliphatic rings. The number of halogens is 1. The molecule has 3 aromatic rings. The number of hydrogen-bond donors (Lipinski definition) is 1. The number of rotatable bonds is 8. The molecule has 0 aliphatic carbocycles. The topological polar surface area (TPSA) is 64.6 Å². The first kappa shape index (κ1) is 21.0. The predicted molar refractivity (Wildman–Crippen MR) is 112 cm³/mol. The quantitative estimate of drug-likeness (QED) is 0.558. The molecule has 0 saturated carbocycles. The van der Waals surface area contributed by atoms with E-state index < -0.39 is 18.0 Å². The van der Waals surface area contributed by atoms with Crippen LogP contribution in [0.4, 0.5) is 10.1 Å². The standard InChI is InChI=1S/C24H22FNO4/c1-17(30-23(27)15-18-7-9-20(25)10-8-18)24(28)26-21-11-13-22(14-12-21)29-16-19-5-3-2-4-6-19/h2-14,17H,15-16H2,1H3,(H,26,28)/t17-/m0/s1. The molecule has 3 aromatic carbocycles. The number of benzene rings is 3. The first-order valence-electron chi connectivity index (χ1n) is 9.51. The third-order valence-electron chi connectivity index (χ3n) is 4.31. The highest BCUT2D eigenvalue weighted by molar-refractivity contribution is 5.95. The second kappa shape index (κ2) is 10.2. The fraction of sp³-hybridized carbons (Fsp3) is 0.167. The molecule has 5 nitrogen and oxygen atoms in total. The van der Waals surface area contributed by atoms with Crippen molar-refractivity contribution in [2.24, 2.45) is 0 Å². The Bertz CT molecular complexity index is 972. The number of anilines is 1. The van der Waals surface area contributed by atoms with E-state index in [1.165, 1.54) is 31.2 Å². The predicted octanol–water partition coefficient (Wildman–Crippen LogP) is 4.52. The molecule has 3 rings (SSSR count). The molecule has 0 spiro atoms. The van der Waals surface area contributed by atoms with Crippen LogP contribution in [0.25, 0.3) is 0 Å². The molecule has 1 amide bonds. The second-order valence-electron chi connectivity index (χ2n) is 6.72. The maximum atomic E-state index is 12.9. The van der Waals surface area contributed by atoms with Gasteiger partial charge in [0, 0.05) is 5.69 Å². The summed E-state index contributed by atoms with van der Waals surface area (Å²) in [5, 5.41) is 2.70. The zero-order chi connectivity index (χ0) is 21.3. The van der Waals surface area contributed by atoms with Crippen LogP contribution in [0, 0.1) is 5.82 Å². The molecule has 0 unspecified atom stereocenters. The van der Waals surface area contributed by atoms with Crippen LogP contribution in [-0.2, 0) is 27.4 Å². The third kappa shape index (κ3) is 6.44. The summed E-state index contributed by atoms with van der Waals surface area (Å²) in [6.45, 7) is 1.95. The van der Waals surface area contributed by atoms with Crippen LogP contribution >= 0.6 is 0 Å². The average molecular weight is 407 g/mol. The molecule has 154 valence electrons. The van der Waals surface area contributed by atoms with E-state index in [0.29, 0.717) is 23.6 Å². The van der Waals surface area contributed by atoms with Crippen molar-refractivity contribution in [2.75, 3.05) is 5.32 Å². The van der Waals surface area contributed by atoms with E-state index in [0.717, 1.165) is 5.56 Å². The number of nitrogens with one attached hydrogen (secondary N) is 1. The van der Waals surface area contributed by atoms with Gasteiger partial charge in [-0.2, -0.15) is 0 Å². The highest BCUT2D eigenvalue weighted by atomic mass is 19.1. The fourth-order valence-corrected chi connectivity index (χ4v) is 2.68. The van der Waals surface area contributed by atoms with Gasteiger partial charge in [0.15, 0.2) is 6.10 Å². The lowest BCUT2D eigenvalue weighted by Gasteiger charge is -2.14. The minimum Gasteiger partial charge on any atom is -0.489 e. The average Bonchev–Trinajstić information content (AvgIpc) is 2.75. The molecule has 1 N–H and O–H groups in total. The number of carbonyl (C=O) groups is 2. The first-order valence-corrected chi connectivity index (χ1v) is 9.51. The lowest BCUT2D eigenvalue weighted by molar-refractivity contribution is -0.152. The molecule has 0 bridgehead atoms. The van der Waals surface area contributed by atoms with Gasteiger partial charge in [0.25, 0.3) is 5.91 Å². The summed E-state index contributed by atoms with van der Waals surface area (Å²) in [7, 11) is 0. The molecule has 0 aliphatic heterocycles. The molecular weight excluding hydrogens is 385 g/mol. The Morgan fingerprint density at radius 2 is 1.57 bits per heavy atom. The van der Waals surface area contributed by atoms with Gasteiger partial charge in [-0.15, -0.1) is 0 Å². The van der Waals surface area contributed by atoms with Crippen molar-refractivity contribution < 1.29 is 23.5 Å². The van der Waals surface area contributed by atoms with E-state index in [1.54, 1.807) is 24.3 Å². The van der Waals surface area contributed by atoms with Crippen LogP contribution in [0.3, 0.4) is 0 Å². The first-order chi connectivity index (χ1) is 14.5. The van der Waals surface area contributed by atoms with Crippen LogP contribution in [0.2, 0.25) is 0 Å². The molecule has 0 aromatic heterocycles. The molecule has 0 fully saturated rings. The summed E-state index contributed by atoms with van der Waals surface area (Å²) >= 11 is 0. The van der Waals surface area contributed by atoms with Crippen molar-refractivity contribution in [2.45, 2.75) is 26.1 Å². The number of carbonyl (C=O) groups excluding carboxylic acids is 2. The molecule has 0 saturated heterocycles. The summed E-state index contributed by atoms with van der Waals surface area (Å²) in [6, 6.07) is 22.3. The van der Waals surface area contributed by atoms with Crippen LogP contribution in [0.15, 0.2) is 78.9 Å². The molecule has 0 radical (unpaired) electrons. The Hall–Kier alpha value is -3.67. The van der Waals surface area contributed by atoms with Gasteiger partial charge in [-0.1, -0.05) is 42.5 Å². The van der Waals surface area contributed by atoms with Crippen LogP contribution in [0.5, 0.6) is 5.75 Å². The van der Waals surface area contributed by atoms with Crippen LogP contribution < -0.4 is 10.1 Å². The maximum Gasteiger partial charge on any atom is 0.311 e. The monoisotopic (exact) mass is 407 g/mol. The number of amides is 1. The Balaban J connectivity index is 1.46. The van der Waals surface area contributed by atoms with Crippen molar-refractivity contribution in [1.82, 2.24) is 0 Å². The van der Waals surface area contributed by atoms with Crippen molar-refractivity contribution in [3.63, 3.8) is 0 Å². The van der Waals surface area contributed by atoms with Gasteiger partial charge in [-0.05, 0) is 54.4 Å². The van der Waals surface area contributed by atoms with E-state index in [2.05, 4.69) is 5.32 Å². The molecule has 1 atom stereocenters.